The smallest absolute Gasteiger partial charge is 0.275 e. The molecular weight excluding hydrogens is 346 g/mol. The molecule has 0 aromatic heterocycles. The molecule has 0 aliphatic heterocycles. The van der Waals surface area contributed by atoms with Crippen LogP contribution in [0.25, 0.3) is 0 Å². The molecule has 128 valence electrons. The minimum absolute atomic E-state index is 0.0298. The number of nitrogens with zero attached hydrogens (tertiary/aromatic N) is 2. The molecule has 0 fully saturated rings. The van der Waals surface area contributed by atoms with E-state index in [2.05, 4.69) is 5.32 Å². The van der Waals surface area contributed by atoms with E-state index in [1.165, 1.54) is 14.0 Å². The van der Waals surface area contributed by atoms with Crippen LogP contribution in [0.3, 0.4) is 0 Å². The zero-order chi connectivity index (χ0) is 17.9. The van der Waals surface area contributed by atoms with Gasteiger partial charge in [0.2, 0.25) is 15.9 Å². The lowest BCUT2D eigenvalue weighted by molar-refractivity contribution is -0.385. The Hall–Kier alpha value is -1.71. The standard InChI is InChI=1S/C13H18ClN3O5S/c1-8(2)15-13(18)7-16(4)23(21,22)10-5-11(14)9(3)12(6-10)17(19)20/h5-6,8H,7H2,1-4H3,(H,15,18). The Bertz CT molecular complexity index is 733. The van der Waals surface area contributed by atoms with Gasteiger partial charge < -0.3 is 5.32 Å². The van der Waals surface area contributed by atoms with E-state index in [1.807, 2.05) is 0 Å². The van der Waals surface area contributed by atoms with Gasteiger partial charge in [-0.05, 0) is 26.8 Å². The Balaban J connectivity index is 3.18. The average Bonchev–Trinajstić information content (AvgIpc) is 2.39. The van der Waals surface area contributed by atoms with Crippen molar-refractivity contribution in [2.45, 2.75) is 31.7 Å². The molecular formula is C13H18ClN3O5S. The number of likely N-dealkylation sites (N-methyl/N-ethyl adjacent to an activating group) is 1. The van der Waals surface area contributed by atoms with E-state index >= 15 is 0 Å². The molecule has 0 bridgehead atoms. The molecule has 0 heterocycles. The number of sulfonamides is 1. The first-order valence-corrected chi connectivity index (χ1v) is 8.48. The molecule has 0 atom stereocenters. The van der Waals surface area contributed by atoms with Crippen molar-refractivity contribution >= 4 is 33.2 Å². The van der Waals surface area contributed by atoms with Crippen LogP contribution in [-0.4, -0.2) is 43.2 Å². The molecule has 0 unspecified atom stereocenters. The number of hydrogen-bond acceptors (Lipinski definition) is 5. The zero-order valence-electron chi connectivity index (χ0n) is 13.2. The lowest BCUT2D eigenvalue weighted by Gasteiger charge is -2.18. The number of carbonyl (C=O) groups excluding carboxylic acids is 1. The number of nitrogens with one attached hydrogen (secondary N) is 1. The quantitative estimate of drug-likeness (QED) is 0.611. The summed E-state index contributed by atoms with van der Waals surface area (Å²) in [5.41, 5.74) is -0.216. The molecule has 0 radical (unpaired) electrons. The molecule has 0 aliphatic carbocycles. The van der Waals surface area contributed by atoms with Crippen LogP contribution in [0.2, 0.25) is 5.02 Å². The molecule has 0 saturated carbocycles. The van der Waals surface area contributed by atoms with Crippen LogP contribution < -0.4 is 5.32 Å². The highest BCUT2D eigenvalue weighted by molar-refractivity contribution is 7.89. The minimum atomic E-state index is -4.08. The summed E-state index contributed by atoms with van der Waals surface area (Å²) in [5.74, 6) is -0.473. The normalized spacial score (nSPS) is 11.8. The van der Waals surface area contributed by atoms with Gasteiger partial charge >= 0.3 is 0 Å². The third kappa shape index (κ3) is 4.63. The van der Waals surface area contributed by atoms with Crippen molar-refractivity contribution in [1.82, 2.24) is 9.62 Å². The summed E-state index contributed by atoms with van der Waals surface area (Å²) in [5, 5.41) is 13.5. The van der Waals surface area contributed by atoms with E-state index < -0.39 is 33.1 Å². The number of nitro groups is 1. The van der Waals surface area contributed by atoms with Crippen LogP contribution in [0.1, 0.15) is 19.4 Å². The Morgan fingerprint density at radius 1 is 1.43 bits per heavy atom. The van der Waals surface area contributed by atoms with Crippen molar-refractivity contribution in [3.8, 4) is 0 Å². The Morgan fingerprint density at radius 2 is 2.00 bits per heavy atom. The van der Waals surface area contributed by atoms with Gasteiger partial charge in [-0.15, -0.1) is 0 Å². The number of rotatable bonds is 6. The van der Waals surface area contributed by atoms with Gasteiger partial charge in [-0.3, -0.25) is 14.9 Å². The van der Waals surface area contributed by atoms with Crippen LogP contribution in [0.5, 0.6) is 0 Å². The fraction of sp³-hybridized carbons (Fsp3) is 0.462. The van der Waals surface area contributed by atoms with Gasteiger partial charge in [-0.1, -0.05) is 11.6 Å². The summed E-state index contributed by atoms with van der Waals surface area (Å²) >= 11 is 5.88. The first kappa shape index (κ1) is 19.3. The number of nitro benzene ring substituents is 1. The van der Waals surface area contributed by atoms with Crippen LogP contribution >= 0.6 is 11.6 Å². The molecule has 0 aliphatic rings. The fourth-order valence-electron chi connectivity index (χ4n) is 1.81. The van der Waals surface area contributed by atoms with Crippen molar-refractivity contribution in [2.75, 3.05) is 13.6 Å². The first-order valence-electron chi connectivity index (χ1n) is 6.67. The lowest BCUT2D eigenvalue weighted by atomic mass is 10.2. The van der Waals surface area contributed by atoms with E-state index in [0.717, 1.165) is 16.4 Å². The summed E-state index contributed by atoms with van der Waals surface area (Å²) in [6.07, 6.45) is 0. The molecule has 23 heavy (non-hydrogen) atoms. The number of benzene rings is 1. The van der Waals surface area contributed by atoms with Crippen molar-refractivity contribution in [3.63, 3.8) is 0 Å². The molecule has 1 N–H and O–H groups in total. The maximum Gasteiger partial charge on any atom is 0.275 e. The molecule has 0 saturated heterocycles. The number of amides is 1. The molecule has 8 nitrogen and oxygen atoms in total. The van der Waals surface area contributed by atoms with Gasteiger partial charge in [0, 0.05) is 24.7 Å². The first-order chi connectivity index (χ1) is 10.5. The Kier molecular flexibility index (Phi) is 6.09. The molecule has 1 amide bonds. The Morgan fingerprint density at radius 3 is 2.48 bits per heavy atom. The third-order valence-electron chi connectivity index (χ3n) is 3.01. The summed E-state index contributed by atoms with van der Waals surface area (Å²) in [7, 11) is -2.86. The van der Waals surface area contributed by atoms with Crippen LogP contribution in [-0.2, 0) is 14.8 Å². The second kappa shape index (κ2) is 7.24. The van der Waals surface area contributed by atoms with Crippen LogP contribution in [0.4, 0.5) is 5.69 Å². The maximum atomic E-state index is 12.5. The van der Waals surface area contributed by atoms with E-state index in [4.69, 9.17) is 11.6 Å². The topological polar surface area (TPSA) is 110 Å². The van der Waals surface area contributed by atoms with Gasteiger partial charge in [0.1, 0.15) is 0 Å². The van der Waals surface area contributed by atoms with Crippen molar-refractivity contribution < 1.29 is 18.1 Å². The summed E-state index contributed by atoms with van der Waals surface area (Å²) in [4.78, 5) is 21.6. The number of halogens is 1. The second-order valence-corrected chi connectivity index (χ2v) is 7.74. The third-order valence-corrected chi connectivity index (χ3v) is 5.18. The second-order valence-electron chi connectivity index (χ2n) is 5.29. The summed E-state index contributed by atoms with van der Waals surface area (Å²) in [6.45, 7) is 4.52. The zero-order valence-corrected chi connectivity index (χ0v) is 14.7. The van der Waals surface area contributed by atoms with Crippen molar-refractivity contribution in [3.05, 3.63) is 32.8 Å². The highest BCUT2D eigenvalue weighted by Crippen LogP contribution is 2.30. The van der Waals surface area contributed by atoms with E-state index in [0.29, 0.717) is 0 Å². The summed E-state index contributed by atoms with van der Waals surface area (Å²) in [6, 6.07) is 1.94. The van der Waals surface area contributed by atoms with Crippen molar-refractivity contribution in [1.29, 1.82) is 0 Å². The summed E-state index contributed by atoms with van der Waals surface area (Å²) < 4.78 is 25.7. The lowest BCUT2D eigenvalue weighted by Crippen LogP contribution is -2.40. The highest BCUT2D eigenvalue weighted by atomic mass is 35.5. The van der Waals surface area contributed by atoms with Crippen molar-refractivity contribution in [2.24, 2.45) is 0 Å². The fourth-order valence-corrected chi connectivity index (χ4v) is 3.27. The van der Waals surface area contributed by atoms with Gasteiger partial charge in [0.15, 0.2) is 0 Å². The number of carbonyl (C=O) groups is 1. The average molecular weight is 364 g/mol. The van der Waals surface area contributed by atoms with Gasteiger partial charge in [0.25, 0.3) is 5.69 Å². The van der Waals surface area contributed by atoms with Crippen LogP contribution in [0.15, 0.2) is 17.0 Å². The molecule has 0 spiro atoms. The Labute approximate surface area is 139 Å². The predicted octanol–water partition coefficient (Wildman–Crippen LogP) is 1.70. The number of hydrogen-bond donors (Lipinski definition) is 1. The van der Waals surface area contributed by atoms with E-state index in [1.54, 1.807) is 13.8 Å². The van der Waals surface area contributed by atoms with E-state index in [9.17, 15) is 23.3 Å². The largest absolute Gasteiger partial charge is 0.353 e. The maximum absolute atomic E-state index is 12.5. The van der Waals surface area contributed by atoms with Gasteiger partial charge in [-0.2, -0.15) is 4.31 Å². The predicted molar refractivity (Wildman–Crippen MR) is 85.9 cm³/mol. The van der Waals surface area contributed by atoms with E-state index in [-0.39, 0.29) is 21.5 Å². The monoisotopic (exact) mass is 363 g/mol. The molecule has 1 aromatic rings. The minimum Gasteiger partial charge on any atom is -0.353 e. The van der Waals surface area contributed by atoms with Gasteiger partial charge in [-0.25, -0.2) is 8.42 Å². The molecule has 10 heteroatoms. The SMILES string of the molecule is Cc1c(Cl)cc(S(=O)(=O)N(C)CC(=O)NC(C)C)cc1[N+](=O)[O-]. The van der Waals surface area contributed by atoms with Crippen LogP contribution in [0, 0.1) is 17.0 Å². The molecule has 1 rings (SSSR count). The van der Waals surface area contributed by atoms with Gasteiger partial charge in [0.05, 0.1) is 21.4 Å². The molecule has 1 aromatic carbocycles. The highest BCUT2D eigenvalue weighted by Gasteiger charge is 2.27.